The molecular weight excluding hydrogens is 390 g/mol. The minimum absolute atomic E-state index is 0.155. The number of nitrogens with zero attached hydrogens (tertiary/aromatic N) is 4. The molecule has 31 heavy (non-hydrogen) atoms. The average Bonchev–Trinajstić information content (AvgIpc) is 3.14. The monoisotopic (exact) mass is 425 g/mol. The van der Waals surface area contributed by atoms with E-state index in [0.717, 1.165) is 69.8 Å². The zero-order valence-corrected chi connectivity index (χ0v) is 19.3. The number of rotatable bonds is 6. The molecule has 0 bridgehead atoms. The van der Waals surface area contributed by atoms with Crippen LogP contribution in [0.3, 0.4) is 0 Å². The Kier molecular flexibility index (Phi) is 6.44. The number of ether oxygens (including phenoxy) is 1. The Morgan fingerprint density at radius 3 is 2.81 bits per heavy atom. The normalized spacial score (nSPS) is 18.1. The summed E-state index contributed by atoms with van der Waals surface area (Å²) in [5, 5.41) is 11.7. The van der Waals surface area contributed by atoms with Crippen LogP contribution in [0.15, 0.2) is 18.2 Å². The number of carbonyl (C=O) groups excluding carboxylic acids is 1. The molecule has 168 valence electrons. The Labute approximate surface area is 185 Å². The lowest BCUT2D eigenvalue weighted by Crippen LogP contribution is -2.43. The van der Waals surface area contributed by atoms with Gasteiger partial charge in [0, 0.05) is 37.9 Å². The maximum atomic E-state index is 12.9. The van der Waals surface area contributed by atoms with E-state index in [-0.39, 0.29) is 11.4 Å². The molecule has 0 radical (unpaired) electrons. The summed E-state index contributed by atoms with van der Waals surface area (Å²) in [5.41, 5.74) is 4.63. The summed E-state index contributed by atoms with van der Waals surface area (Å²) in [4.78, 5) is 15.5. The van der Waals surface area contributed by atoms with Gasteiger partial charge >= 0.3 is 0 Å². The molecule has 2 aliphatic rings. The van der Waals surface area contributed by atoms with Crippen molar-refractivity contribution in [1.29, 1.82) is 0 Å². The maximum Gasteiger partial charge on any atom is 0.274 e. The van der Waals surface area contributed by atoms with Crippen LogP contribution in [0.4, 0.5) is 0 Å². The second-order valence-electron chi connectivity index (χ2n) is 9.50. The van der Waals surface area contributed by atoms with Gasteiger partial charge in [-0.3, -0.25) is 9.69 Å². The molecule has 0 unspecified atom stereocenters. The molecule has 4 rings (SSSR count). The van der Waals surface area contributed by atoms with Crippen molar-refractivity contribution < 1.29 is 9.53 Å². The van der Waals surface area contributed by atoms with Crippen molar-refractivity contribution in [2.45, 2.75) is 77.9 Å². The summed E-state index contributed by atoms with van der Waals surface area (Å²) < 4.78 is 7.38. The zero-order valence-electron chi connectivity index (χ0n) is 19.3. The molecule has 0 spiro atoms. The second-order valence-corrected chi connectivity index (χ2v) is 9.50. The molecule has 0 atom stereocenters. The fourth-order valence-electron chi connectivity index (χ4n) is 4.99. The van der Waals surface area contributed by atoms with Crippen LogP contribution < -0.4 is 5.32 Å². The highest BCUT2D eigenvalue weighted by atomic mass is 16.5. The summed E-state index contributed by atoms with van der Waals surface area (Å²) in [6, 6.07) is 7.01. The van der Waals surface area contributed by atoms with Crippen molar-refractivity contribution in [3.63, 3.8) is 0 Å². The third-order valence-electron chi connectivity index (χ3n) is 6.64. The van der Waals surface area contributed by atoms with E-state index in [2.05, 4.69) is 45.7 Å². The molecule has 0 saturated carbocycles. The Bertz CT molecular complexity index is 930. The topological polar surface area (TPSA) is 72.3 Å². The van der Waals surface area contributed by atoms with Gasteiger partial charge in [-0.15, -0.1) is 5.10 Å². The molecule has 2 aromatic rings. The second kappa shape index (κ2) is 9.09. The number of benzene rings is 1. The Morgan fingerprint density at radius 1 is 1.29 bits per heavy atom. The molecule has 3 heterocycles. The molecule has 2 aliphatic heterocycles. The first-order chi connectivity index (χ1) is 14.9. The van der Waals surface area contributed by atoms with E-state index in [4.69, 9.17) is 4.74 Å². The van der Waals surface area contributed by atoms with Gasteiger partial charge < -0.3 is 10.1 Å². The van der Waals surface area contributed by atoms with Gasteiger partial charge in [-0.2, -0.15) is 0 Å². The van der Waals surface area contributed by atoms with Crippen molar-refractivity contribution in [3.05, 3.63) is 40.7 Å². The summed E-state index contributed by atoms with van der Waals surface area (Å²) >= 11 is 0. The molecule has 7 heteroatoms. The molecule has 7 nitrogen and oxygen atoms in total. The number of hydrogen-bond donors (Lipinski definition) is 1. The molecule has 1 aromatic heterocycles. The SMILES string of the molecule is CCCC(C)(C)NC(=O)c1nnn(-c2cccc3c2CCN(C2CCOCC2)C3)c1C. The quantitative estimate of drug-likeness (QED) is 0.768. The lowest BCUT2D eigenvalue weighted by atomic mass is 9.95. The van der Waals surface area contributed by atoms with Crippen LogP contribution >= 0.6 is 0 Å². The van der Waals surface area contributed by atoms with Crippen LogP contribution in [0, 0.1) is 6.92 Å². The van der Waals surface area contributed by atoms with Crippen LogP contribution in [-0.4, -0.2) is 57.1 Å². The minimum atomic E-state index is -0.262. The van der Waals surface area contributed by atoms with Crippen molar-refractivity contribution >= 4 is 5.91 Å². The van der Waals surface area contributed by atoms with E-state index in [1.54, 1.807) is 0 Å². The first kappa shape index (κ1) is 22.0. The highest BCUT2D eigenvalue weighted by Gasteiger charge is 2.28. The van der Waals surface area contributed by atoms with Crippen LogP contribution in [-0.2, 0) is 17.7 Å². The summed E-state index contributed by atoms with van der Waals surface area (Å²) in [6.07, 6.45) is 5.14. The zero-order chi connectivity index (χ0) is 22.0. The van der Waals surface area contributed by atoms with Crippen LogP contribution in [0.2, 0.25) is 0 Å². The molecule has 1 N–H and O–H groups in total. The van der Waals surface area contributed by atoms with E-state index in [1.165, 1.54) is 11.1 Å². The minimum Gasteiger partial charge on any atom is -0.381 e. The van der Waals surface area contributed by atoms with E-state index in [1.807, 2.05) is 25.5 Å². The lowest BCUT2D eigenvalue weighted by molar-refractivity contribution is 0.0290. The van der Waals surface area contributed by atoms with Gasteiger partial charge in [0.05, 0.1) is 11.4 Å². The highest BCUT2D eigenvalue weighted by Crippen LogP contribution is 2.29. The number of carbonyl (C=O) groups is 1. The number of aromatic nitrogens is 3. The van der Waals surface area contributed by atoms with E-state index in [9.17, 15) is 4.79 Å². The molecule has 0 aliphatic carbocycles. The van der Waals surface area contributed by atoms with Crippen LogP contribution in [0.5, 0.6) is 0 Å². The highest BCUT2D eigenvalue weighted by molar-refractivity contribution is 5.93. The fourth-order valence-corrected chi connectivity index (χ4v) is 4.99. The van der Waals surface area contributed by atoms with Crippen molar-refractivity contribution in [2.24, 2.45) is 0 Å². The molecule has 1 amide bonds. The number of nitrogens with one attached hydrogen (secondary N) is 1. The average molecular weight is 426 g/mol. The first-order valence-electron chi connectivity index (χ1n) is 11.6. The summed E-state index contributed by atoms with van der Waals surface area (Å²) in [5.74, 6) is -0.155. The number of hydrogen-bond acceptors (Lipinski definition) is 5. The van der Waals surface area contributed by atoms with Gasteiger partial charge in [0.15, 0.2) is 5.69 Å². The molecule has 1 aromatic carbocycles. The van der Waals surface area contributed by atoms with Gasteiger partial charge in [0.1, 0.15) is 0 Å². The smallest absolute Gasteiger partial charge is 0.274 e. The summed E-state index contributed by atoms with van der Waals surface area (Å²) in [7, 11) is 0. The van der Waals surface area contributed by atoms with Crippen LogP contribution in [0.1, 0.15) is 73.8 Å². The Hall–Kier alpha value is -2.25. The number of fused-ring (bicyclic) bond motifs is 1. The largest absolute Gasteiger partial charge is 0.381 e. The first-order valence-corrected chi connectivity index (χ1v) is 11.6. The maximum absolute atomic E-state index is 12.9. The van der Waals surface area contributed by atoms with Crippen LogP contribution in [0.25, 0.3) is 5.69 Å². The third kappa shape index (κ3) is 4.67. The van der Waals surface area contributed by atoms with Gasteiger partial charge in [0.2, 0.25) is 0 Å². The third-order valence-corrected chi connectivity index (χ3v) is 6.64. The van der Waals surface area contributed by atoms with Crippen molar-refractivity contribution in [2.75, 3.05) is 19.8 Å². The standard InChI is InChI=1S/C24H35N5O2/c1-5-12-24(3,4)25-23(30)22-17(2)29(27-26-22)21-8-6-7-18-16-28(13-9-20(18)21)19-10-14-31-15-11-19/h6-8,19H,5,9-16H2,1-4H3,(H,25,30). The van der Waals surface area contributed by atoms with Crippen molar-refractivity contribution in [3.8, 4) is 5.69 Å². The van der Waals surface area contributed by atoms with Crippen molar-refractivity contribution in [1.82, 2.24) is 25.2 Å². The van der Waals surface area contributed by atoms with E-state index >= 15 is 0 Å². The van der Waals surface area contributed by atoms with Gasteiger partial charge in [0.25, 0.3) is 5.91 Å². The van der Waals surface area contributed by atoms with E-state index < -0.39 is 0 Å². The van der Waals surface area contributed by atoms with Gasteiger partial charge in [-0.1, -0.05) is 30.7 Å². The molecule has 1 fully saturated rings. The Morgan fingerprint density at radius 2 is 2.06 bits per heavy atom. The molecular formula is C24H35N5O2. The lowest BCUT2D eigenvalue weighted by Gasteiger charge is -2.38. The number of amides is 1. The fraction of sp³-hybridized carbons (Fsp3) is 0.625. The van der Waals surface area contributed by atoms with E-state index in [0.29, 0.717) is 11.7 Å². The van der Waals surface area contributed by atoms with Gasteiger partial charge in [-0.25, -0.2) is 4.68 Å². The Balaban J connectivity index is 1.56. The van der Waals surface area contributed by atoms with Gasteiger partial charge in [-0.05, 0) is 63.6 Å². The predicted molar refractivity (Wildman–Crippen MR) is 121 cm³/mol. The predicted octanol–water partition coefficient (Wildman–Crippen LogP) is 3.42. The molecule has 1 saturated heterocycles. The summed E-state index contributed by atoms with van der Waals surface area (Å²) in [6.45, 7) is 11.9.